The van der Waals surface area contributed by atoms with Crippen molar-refractivity contribution in [3.8, 4) is 5.75 Å². The predicted molar refractivity (Wildman–Crippen MR) is 93.0 cm³/mol. The molecule has 0 aliphatic carbocycles. The first-order valence-corrected chi connectivity index (χ1v) is 8.98. The molecule has 2 aromatic carbocycles. The Morgan fingerprint density at radius 3 is 2.60 bits per heavy atom. The summed E-state index contributed by atoms with van der Waals surface area (Å²) in [6.07, 6.45) is 0. The summed E-state index contributed by atoms with van der Waals surface area (Å²) in [6.45, 7) is 0.962. The van der Waals surface area contributed by atoms with E-state index in [1.165, 1.54) is 20.1 Å². The van der Waals surface area contributed by atoms with Gasteiger partial charge in [0.05, 0.1) is 24.2 Å². The van der Waals surface area contributed by atoms with Crippen LogP contribution >= 0.6 is 11.6 Å². The second-order valence-corrected chi connectivity index (χ2v) is 7.30. The molecule has 0 heterocycles. The van der Waals surface area contributed by atoms with Crippen LogP contribution in [0.5, 0.6) is 5.75 Å². The summed E-state index contributed by atoms with van der Waals surface area (Å²) in [6, 6.07) is 7.94. The summed E-state index contributed by atoms with van der Waals surface area (Å²) < 4.78 is 44.8. The van der Waals surface area contributed by atoms with E-state index in [9.17, 15) is 17.6 Å². The molecule has 2 N–H and O–H groups in total. The third kappa shape index (κ3) is 4.91. The van der Waals surface area contributed by atoms with E-state index in [1.54, 1.807) is 12.1 Å². The maximum atomic E-state index is 13.1. The van der Waals surface area contributed by atoms with Crippen molar-refractivity contribution in [3.63, 3.8) is 0 Å². The fourth-order valence-electron chi connectivity index (χ4n) is 2.12. The van der Waals surface area contributed by atoms with Crippen molar-refractivity contribution in [2.45, 2.75) is 11.8 Å². The molecular weight excluding hydrogens is 371 g/mol. The molecule has 134 valence electrons. The normalized spacial score (nSPS) is 11.2. The highest BCUT2D eigenvalue weighted by Crippen LogP contribution is 2.27. The Morgan fingerprint density at radius 1 is 1.24 bits per heavy atom. The van der Waals surface area contributed by atoms with Gasteiger partial charge >= 0.3 is 0 Å². The summed E-state index contributed by atoms with van der Waals surface area (Å²) in [4.78, 5) is 11.9. The van der Waals surface area contributed by atoms with Crippen molar-refractivity contribution >= 4 is 33.2 Å². The minimum absolute atomic E-state index is 0.0953. The van der Waals surface area contributed by atoms with Crippen LogP contribution in [0.25, 0.3) is 0 Å². The minimum atomic E-state index is -3.95. The number of carbonyl (C=O) groups is 1. The molecule has 0 aromatic heterocycles. The lowest BCUT2D eigenvalue weighted by Gasteiger charge is -2.12. The Labute approximate surface area is 150 Å². The summed E-state index contributed by atoms with van der Waals surface area (Å²) in [5, 5.41) is 2.90. The zero-order valence-electron chi connectivity index (χ0n) is 13.5. The monoisotopic (exact) mass is 386 g/mol. The molecule has 0 saturated heterocycles. The average Bonchev–Trinajstić information content (AvgIpc) is 2.53. The zero-order valence-corrected chi connectivity index (χ0v) is 15.0. The molecule has 0 aliphatic heterocycles. The largest absolute Gasteiger partial charge is 0.495 e. The molecule has 0 fully saturated rings. The predicted octanol–water partition coefficient (Wildman–Crippen LogP) is 2.71. The van der Waals surface area contributed by atoms with Crippen LogP contribution in [0.2, 0.25) is 5.02 Å². The van der Waals surface area contributed by atoms with Crippen LogP contribution < -0.4 is 14.8 Å². The molecule has 9 heteroatoms. The van der Waals surface area contributed by atoms with E-state index in [0.717, 1.165) is 18.2 Å². The number of anilines is 1. The number of hydrogen-bond acceptors (Lipinski definition) is 4. The second kappa shape index (κ2) is 7.81. The van der Waals surface area contributed by atoms with Crippen LogP contribution in [-0.2, 0) is 14.8 Å². The van der Waals surface area contributed by atoms with Crippen LogP contribution in [0.3, 0.4) is 0 Å². The Kier molecular flexibility index (Phi) is 5.99. The SMILES string of the molecule is COc1ccc(Cl)cc1NC(=O)CNS(=O)(=O)c1ccc(F)cc1C. The number of aryl methyl sites for hydroxylation is 1. The molecule has 0 spiro atoms. The topological polar surface area (TPSA) is 84.5 Å². The van der Waals surface area contributed by atoms with Crippen molar-refractivity contribution in [1.29, 1.82) is 0 Å². The fourth-order valence-corrected chi connectivity index (χ4v) is 3.50. The van der Waals surface area contributed by atoms with Crippen LogP contribution in [0, 0.1) is 12.7 Å². The van der Waals surface area contributed by atoms with Gasteiger partial charge in [0, 0.05) is 5.02 Å². The first-order valence-electron chi connectivity index (χ1n) is 7.12. The molecule has 2 aromatic rings. The quantitative estimate of drug-likeness (QED) is 0.799. The minimum Gasteiger partial charge on any atom is -0.495 e. The average molecular weight is 387 g/mol. The standard InChI is InChI=1S/C16H16ClFN2O4S/c1-10-7-12(18)4-6-15(10)25(22,23)19-9-16(21)20-13-8-11(17)3-5-14(13)24-2/h3-8,19H,9H2,1-2H3,(H,20,21). The van der Waals surface area contributed by atoms with Gasteiger partial charge in [0.15, 0.2) is 0 Å². The molecule has 0 radical (unpaired) electrons. The molecule has 6 nitrogen and oxygen atoms in total. The van der Waals surface area contributed by atoms with Gasteiger partial charge in [-0.15, -0.1) is 0 Å². The van der Waals surface area contributed by atoms with E-state index in [-0.39, 0.29) is 10.5 Å². The number of amides is 1. The van der Waals surface area contributed by atoms with Gasteiger partial charge in [0.1, 0.15) is 11.6 Å². The number of ether oxygens (including phenoxy) is 1. The van der Waals surface area contributed by atoms with Crippen LogP contribution in [0.4, 0.5) is 10.1 Å². The van der Waals surface area contributed by atoms with Gasteiger partial charge in [0.25, 0.3) is 0 Å². The van der Waals surface area contributed by atoms with E-state index in [0.29, 0.717) is 16.5 Å². The van der Waals surface area contributed by atoms with Crippen molar-refractivity contribution in [3.05, 3.63) is 52.8 Å². The number of halogens is 2. The van der Waals surface area contributed by atoms with Crippen LogP contribution in [-0.4, -0.2) is 28.0 Å². The number of carbonyl (C=O) groups excluding carboxylic acids is 1. The zero-order chi connectivity index (χ0) is 18.6. The summed E-state index contributed by atoms with van der Waals surface area (Å²) >= 11 is 5.87. The highest BCUT2D eigenvalue weighted by Gasteiger charge is 2.18. The van der Waals surface area contributed by atoms with Gasteiger partial charge in [0.2, 0.25) is 15.9 Å². The molecule has 0 unspecified atom stereocenters. The van der Waals surface area contributed by atoms with E-state index in [2.05, 4.69) is 10.0 Å². The summed E-state index contributed by atoms with van der Waals surface area (Å²) in [5.41, 5.74) is 0.557. The van der Waals surface area contributed by atoms with Gasteiger partial charge in [-0.2, -0.15) is 0 Å². The molecule has 2 rings (SSSR count). The lowest BCUT2D eigenvalue weighted by molar-refractivity contribution is -0.115. The van der Waals surface area contributed by atoms with Gasteiger partial charge in [-0.25, -0.2) is 17.5 Å². The highest BCUT2D eigenvalue weighted by molar-refractivity contribution is 7.89. The van der Waals surface area contributed by atoms with Gasteiger partial charge < -0.3 is 10.1 Å². The van der Waals surface area contributed by atoms with Crippen LogP contribution in [0.1, 0.15) is 5.56 Å². The number of rotatable bonds is 6. The molecule has 0 aliphatic rings. The number of hydrogen-bond donors (Lipinski definition) is 2. The van der Waals surface area contributed by atoms with Gasteiger partial charge in [-0.1, -0.05) is 11.6 Å². The van der Waals surface area contributed by atoms with Crippen molar-refractivity contribution in [1.82, 2.24) is 4.72 Å². The lowest BCUT2D eigenvalue weighted by Crippen LogP contribution is -2.33. The molecule has 25 heavy (non-hydrogen) atoms. The van der Waals surface area contributed by atoms with E-state index in [1.807, 2.05) is 0 Å². The van der Waals surface area contributed by atoms with E-state index in [4.69, 9.17) is 16.3 Å². The molecule has 0 saturated carbocycles. The molecule has 0 atom stereocenters. The maximum absolute atomic E-state index is 13.1. The van der Waals surface area contributed by atoms with Crippen molar-refractivity contribution in [2.24, 2.45) is 0 Å². The fraction of sp³-hybridized carbons (Fsp3) is 0.188. The Balaban J connectivity index is 2.08. The first-order chi connectivity index (χ1) is 11.7. The van der Waals surface area contributed by atoms with Crippen molar-refractivity contribution in [2.75, 3.05) is 19.0 Å². The highest BCUT2D eigenvalue weighted by atomic mass is 35.5. The van der Waals surface area contributed by atoms with Crippen molar-refractivity contribution < 1.29 is 22.3 Å². The summed E-state index contributed by atoms with van der Waals surface area (Å²) in [5.74, 6) is -0.763. The lowest BCUT2D eigenvalue weighted by atomic mass is 10.2. The maximum Gasteiger partial charge on any atom is 0.241 e. The third-order valence-corrected chi connectivity index (χ3v) is 5.08. The van der Waals surface area contributed by atoms with E-state index >= 15 is 0 Å². The van der Waals surface area contributed by atoms with Gasteiger partial charge in [-0.3, -0.25) is 4.79 Å². The van der Waals surface area contributed by atoms with Crippen LogP contribution in [0.15, 0.2) is 41.3 Å². The number of benzene rings is 2. The first kappa shape index (κ1) is 19.2. The van der Waals surface area contributed by atoms with Gasteiger partial charge in [-0.05, 0) is 48.9 Å². The Hall–Kier alpha value is -2.16. The number of methoxy groups -OCH3 is 1. The molecule has 1 amide bonds. The van der Waals surface area contributed by atoms with E-state index < -0.39 is 28.3 Å². The smallest absolute Gasteiger partial charge is 0.241 e. The Morgan fingerprint density at radius 2 is 1.96 bits per heavy atom. The Bertz CT molecular complexity index is 903. The summed E-state index contributed by atoms with van der Waals surface area (Å²) in [7, 11) is -2.52. The molecular formula is C16H16ClFN2O4S. The number of sulfonamides is 1. The second-order valence-electron chi connectivity index (χ2n) is 5.13. The molecule has 0 bridgehead atoms. The third-order valence-electron chi connectivity index (χ3n) is 3.28. The number of nitrogens with one attached hydrogen (secondary N) is 2.